The van der Waals surface area contributed by atoms with E-state index in [2.05, 4.69) is 9.98 Å². The summed E-state index contributed by atoms with van der Waals surface area (Å²) in [4.78, 5) is 8.47. The lowest BCUT2D eigenvalue weighted by Crippen LogP contribution is -2.26. The predicted octanol–water partition coefficient (Wildman–Crippen LogP) is 3.68. The van der Waals surface area contributed by atoms with E-state index in [9.17, 15) is 4.39 Å². The molecule has 0 aliphatic rings. The van der Waals surface area contributed by atoms with Gasteiger partial charge in [-0.25, -0.2) is 14.4 Å². The molecular weight excluding hydrogens is 281 g/mol. The number of benzene rings is 1. The smallest absolute Gasteiger partial charge is 0.143 e. The van der Waals surface area contributed by atoms with E-state index in [0.717, 1.165) is 0 Å². The van der Waals surface area contributed by atoms with Gasteiger partial charge in [0, 0.05) is 19.0 Å². The first-order valence-electron chi connectivity index (χ1n) is 6.25. The van der Waals surface area contributed by atoms with Crippen molar-refractivity contribution in [1.82, 2.24) is 9.55 Å². The zero-order chi connectivity index (χ0) is 14.5. The molecule has 0 spiro atoms. The van der Waals surface area contributed by atoms with Gasteiger partial charge in [0.15, 0.2) is 0 Å². The molecule has 20 heavy (non-hydrogen) atoms. The zero-order valence-electron chi connectivity index (χ0n) is 11.3. The highest BCUT2D eigenvalue weighted by atomic mass is 35.5. The fourth-order valence-corrected chi connectivity index (χ4v) is 1.98. The number of ether oxygens (including phenoxy) is 1. The minimum absolute atomic E-state index is 0.240. The normalized spacial score (nSPS) is 13.5. The summed E-state index contributed by atoms with van der Waals surface area (Å²) in [5.41, 5.74) is 0.489. The summed E-state index contributed by atoms with van der Waals surface area (Å²) >= 11 is 6.00. The average Bonchev–Trinajstić information content (AvgIpc) is 2.91. The molecule has 0 aliphatic heterocycles. The van der Waals surface area contributed by atoms with E-state index in [1.54, 1.807) is 23.3 Å². The third-order valence-electron chi connectivity index (χ3n) is 2.69. The van der Waals surface area contributed by atoms with E-state index in [4.69, 9.17) is 16.3 Å². The second-order valence-corrected chi connectivity index (χ2v) is 4.54. The predicted molar refractivity (Wildman–Crippen MR) is 77.2 cm³/mol. The van der Waals surface area contributed by atoms with E-state index in [-0.39, 0.29) is 11.1 Å². The fraction of sp³-hybridized carbons (Fsp3) is 0.286. The van der Waals surface area contributed by atoms with Crippen LogP contribution >= 0.6 is 11.6 Å². The maximum Gasteiger partial charge on any atom is 0.143 e. The highest BCUT2D eigenvalue weighted by Crippen LogP contribution is 2.26. The lowest BCUT2D eigenvalue weighted by Gasteiger charge is -2.15. The van der Waals surface area contributed by atoms with Crippen LogP contribution in [-0.2, 0) is 4.74 Å². The fourth-order valence-electron chi connectivity index (χ4n) is 1.77. The Morgan fingerprint density at radius 2 is 2.35 bits per heavy atom. The third-order valence-corrected chi connectivity index (χ3v) is 3.00. The van der Waals surface area contributed by atoms with Gasteiger partial charge in [0.1, 0.15) is 24.1 Å². The molecule has 0 fully saturated rings. The van der Waals surface area contributed by atoms with Crippen molar-refractivity contribution >= 4 is 23.1 Å². The Labute approximate surface area is 121 Å². The molecule has 2 rings (SSSR count). The van der Waals surface area contributed by atoms with Gasteiger partial charge in [0.25, 0.3) is 0 Å². The molecule has 0 N–H and O–H groups in total. The van der Waals surface area contributed by atoms with E-state index in [0.29, 0.717) is 18.1 Å². The van der Waals surface area contributed by atoms with Crippen LogP contribution in [-0.4, -0.2) is 28.1 Å². The van der Waals surface area contributed by atoms with Crippen LogP contribution in [0.25, 0.3) is 0 Å². The van der Waals surface area contributed by atoms with Crippen molar-refractivity contribution < 1.29 is 9.13 Å². The maximum atomic E-state index is 13.1. The highest BCUT2D eigenvalue weighted by Gasteiger charge is 2.14. The Morgan fingerprint density at radius 3 is 2.95 bits per heavy atom. The molecule has 0 saturated carbocycles. The summed E-state index contributed by atoms with van der Waals surface area (Å²) < 4.78 is 20.4. The quantitative estimate of drug-likeness (QED) is 0.637. The molecule has 106 valence electrons. The summed E-state index contributed by atoms with van der Waals surface area (Å²) in [6.45, 7) is 4.36. The van der Waals surface area contributed by atoms with E-state index < -0.39 is 5.82 Å². The third kappa shape index (κ3) is 3.43. The zero-order valence-corrected chi connectivity index (χ0v) is 12.0. The van der Waals surface area contributed by atoms with Gasteiger partial charge in [-0.05, 0) is 32.0 Å². The first-order chi connectivity index (χ1) is 9.61. The first-order valence-corrected chi connectivity index (χ1v) is 6.63. The summed E-state index contributed by atoms with van der Waals surface area (Å²) in [5.74, 6) is 0.244. The van der Waals surface area contributed by atoms with Gasteiger partial charge >= 0.3 is 0 Å². The van der Waals surface area contributed by atoms with E-state index >= 15 is 0 Å². The van der Waals surface area contributed by atoms with Crippen molar-refractivity contribution in [2.75, 3.05) is 6.61 Å². The SMILES string of the molecule is CCOC(C)/C(=N\c1ccc(F)cc1Cl)n1ccnc1. The van der Waals surface area contributed by atoms with Crippen LogP contribution < -0.4 is 0 Å². The molecule has 1 heterocycles. The Morgan fingerprint density at radius 1 is 1.55 bits per heavy atom. The monoisotopic (exact) mass is 295 g/mol. The molecule has 1 aromatic carbocycles. The largest absolute Gasteiger partial charge is 0.371 e. The molecule has 6 heteroatoms. The van der Waals surface area contributed by atoms with Crippen LogP contribution in [0.1, 0.15) is 13.8 Å². The van der Waals surface area contributed by atoms with Crippen LogP contribution in [0.4, 0.5) is 10.1 Å². The summed E-state index contributed by atoms with van der Waals surface area (Å²) in [5, 5.41) is 0.256. The molecule has 2 aromatic rings. The van der Waals surface area contributed by atoms with Crippen molar-refractivity contribution in [2.24, 2.45) is 4.99 Å². The van der Waals surface area contributed by atoms with Crippen molar-refractivity contribution in [3.05, 3.63) is 47.8 Å². The van der Waals surface area contributed by atoms with Gasteiger partial charge in [-0.1, -0.05) is 11.6 Å². The Bertz CT molecular complexity index is 598. The second kappa shape index (κ2) is 6.63. The van der Waals surface area contributed by atoms with Gasteiger partial charge in [-0.2, -0.15) is 0 Å². The van der Waals surface area contributed by atoms with Gasteiger partial charge in [0.05, 0.1) is 10.7 Å². The number of hydrogen-bond acceptors (Lipinski definition) is 3. The maximum absolute atomic E-state index is 13.1. The number of hydrogen-bond donors (Lipinski definition) is 0. The van der Waals surface area contributed by atoms with E-state index in [1.807, 2.05) is 13.8 Å². The molecule has 0 aliphatic carbocycles. The van der Waals surface area contributed by atoms with Crippen LogP contribution in [0.2, 0.25) is 5.02 Å². The van der Waals surface area contributed by atoms with Crippen molar-refractivity contribution in [2.45, 2.75) is 20.0 Å². The number of nitrogens with zero attached hydrogens (tertiary/aromatic N) is 3. The molecule has 0 radical (unpaired) electrons. The topological polar surface area (TPSA) is 39.4 Å². The Balaban J connectivity index is 2.42. The standard InChI is InChI=1S/C14H15ClFN3O/c1-3-20-10(2)14(19-7-6-17-9-19)18-13-5-4-11(16)8-12(13)15/h4-10H,3H2,1-2H3/b18-14+. The van der Waals surface area contributed by atoms with Crippen LogP contribution in [0.3, 0.4) is 0 Å². The lowest BCUT2D eigenvalue weighted by molar-refractivity contribution is 0.120. The molecular formula is C14H15ClFN3O. The molecule has 0 amide bonds. The van der Waals surface area contributed by atoms with Crippen molar-refractivity contribution in [1.29, 1.82) is 0 Å². The Hall–Kier alpha value is -1.72. The molecule has 1 unspecified atom stereocenters. The van der Waals surface area contributed by atoms with Gasteiger partial charge in [-0.15, -0.1) is 0 Å². The Kier molecular flexibility index (Phi) is 4.87. The minimum atomic E-state index is -0.393. The molecule has 1 atom stereocenters. The summed E-state index contributed by atoms with van der Waals surface area (Å²) in [6.07, 6.45) is 4.81. The van der Waals surface area contributed by atoms with Crippen LogP contribution in [0, 0.1) is 5.82 Å². The van der Waals surface area contributed by atoms with Crippen molar-refractivity contribution in [3.63, 3.8) is 0 Å². The number of imidazole rings is 1. The van der Waals surface area contributed by atoms with Crippen LogP contribution in [0.15, 0.2) is 41.9 Å². The lowest BCUT2D eigenvalue weighted by atomic mass is 10.3. The van der Waals surface area contributed by atoms with Gasteiger partial charge < -0.3 is 4.74 Å². The van der Waals surface area contributed by atoms with Gasteiger partial charge in [0.2, 0.25) is 0 Å². The summed E-state index contributed by atoms with van der Waals surface area (Å²) in [6, 6.07) is 4.09. The molecule has 4 nitrogen and oxygen atoms in total. The number of halogens is 2. The highest BCUT2D eigenvalue weighted by molar-refractivity contribution is 6.33. The van der Waals surface area contributed by atoms with E-state index in [1.165, 1.54) is 18.2 Å². The van der Waals surface area contributed by atoms with Crippen LogP contribution in [0.5, 0.6) is 0 Å². The summed E-state index contributed by atoms with van der Waals surface area (Å²) in [7, 11) is 0. The molecule has 1 aromatic heterocycles. The van der Waals surface area contributed by atoms with Gasteiger partial charge in [-0.3, -0.25) is 4.57 Å². The molecule has 0 bridgehead atoms. The molecule has 0 saturated heterocycles. The number of aliphatic imine (C=N–C) groups is 1. The first kappa shape index (κ1) is 14.7. The second-order valence-electron chi connectivity index (χ2n) is 4.13. The van der Waals surface area contributed by atoms with Crippen molar-refractivity contribution in [3.8, 4) is 0 Å². The number of rotatable bonds is 4. The average molecular weight is 296 g/mol. The number of aromatic nitrogens is 2. The minimum Gasteiger partial charge on any atom is -0.371 e.